The van der Waals surface area contributed by atoms with E-state index < -0.39 is 4.92 Å². The Bertz CT molecular complexity index is 994. The van der Waals surface area contributed by atoms with Crippen molar-refractivity contribution in [3.63, 3.8) is 0 Å². The summed E-state index contributed by atoms with van der Waals surface area (Å²) in [5.41, 5.74) is 1.73. The highest BCUT2D eigenvalue weighted by atomic mass is 35.5. The quantitative estimate of drug-likeness (QED) is 0.313. The van der Waals surface area contributed by atoms with E-state index in [-0.39, 0.29) is 16.0 Å². The number of aromatic amines is 1. The van der Waals surface area contributed by atoms with Gasteiger partial charge in [-0.3, -0.25) is 15.2 Å². The topological polar surface area (TPSA) is 89.6 Å². The number of non-ortho nitro benzene ring substituents is 1. The highest BCUT2D eigenvalue weighted by molar-refractivity contribution is 7.71. The van der Waals surface area contributed by atoms with Gasteiger partial charge in [0.2, 0.25) is 0 Å². The van der Waals surface area contributed by atoms with Crippen LogP contribution in [0.25, 0.3) is 22.5 Å². The standard InChI is InChI=1S/C14H9Cl2N5O2S/c1-20-13(18-19-14(20)24)9-3-2-8(21(22)23)6-10(9)7-4-11(15)17-12(16)5-7/h2-6H,1H3,(H,19,24). The van der Waals surface area contributed by atoms with Crippen LogP contribution in [-0.2, 0) is 7.05 Å². The van der Waals surface area contributed by atoms with E-state index in [1.54, 1.807) is 29.8 Å². The number of nitro groups is 1. The van der Waals surface area contributed by atoms with Gasteiger partial charge < -0.3 is 4.57 Å². The maximum absolute atomic E-state index is 11.1. The van der Waals surface area contributed by atoms with Crippen LogP contribution < -0.4 is 0 Å². The van der Waals surface area contributed by atoms with Crippen molar-refractivity contribution in [2.75, 3.05) is 0 Å². The Kier molecular flexibility index (Phi) is 4.35. The molecule has 0 aliphatic heterocycles. The molecule has 0 saturated carbocycles. The van der Waals surface area contributed by atoms with Crippen LogP contribution in [0.1, 0.15) is 0 Å². The third-order valence-electron chi connectivity index (χ3n) is 3.41. The minimum Gasteiger partial charge on any atom is -0.303 e. The summed E-state index contributed by atoms with van der Waals surface area (Å²) in [5, 5.41) is 18.4. The Balaban J connectivity index is 2.32. The number of nitro benzene ring substituents is 1. The number of hydrogen-bond acceptors (Lipinski definition) is 5. The molecule has 0 amide bonds. The number of aromatic nitrogens is 4. The van der Waals surface area contributed by atoms with Crippen molar-refractivity contribution in [3.05, 3.63) is 55.5 Å². The van der Waals surface area contributed by atoms with Crippen molar-refractivity contribution in [2.45, 2.75) is 0 Å². The number of nitrogens with one attached hydrogen (secondary N) is 1. The highest BCUT2D eigenvalue weighted by Gasteiger charge is 2.18. The molecule has 0 bridgehead atoms. The second-order valence-electron chi connectivity index (χ2n) is 4.90. The zero-order valence-electron chi connectivity index (χ0n) is 12.2. The van der Waals surface area contributed by atoms with Gasteiger partial charge in [0.1, 0.15) is 10.3 Å². The van der Waals surface area contributed by atoms with Gasteiger partial charge in [0, 0.05) is 24.7 Å². The largest absolute Gasteiger partial charge is 0.303 e. The van der Waals surface area contributed by atoms with Gasteiger partial charge >= 0.3 is 0 Å². The van der Waals surface area contributed by atoms with Crippen molar-refractivity contribution in [3.8, 4) is 22.5 Å². The van der Waals surface area contributed by atoms with E-state index >= 15 is 0 Å². The monoisotopic (exact) mass is 381 g/mol. The molecule has 2 aromatic heterocycles. The van der Waals surface area contributed by atoms with E-state index in [1.165, 1.54) is 12.1 Å². The van der Waals surface area contributed by atoms with Gasteiger partial charge in [-0.2, -0.15) is 5.10 Å². The lowest BCUT2D eigenvalue weighted by atomic mass is 9.99. The SMILES string of the molecule is Cn1c(-c2ccc([N+](=O)[O-])cc2-c2cc(Cl)nc(Cl)c2)n[nH]c1=S. The maximum atomic E-state index is 11.1. The van der Waals surface area contributed by atoms with Crippen LogP contribution in [0.5, 0.6) is 0 Å². The average molecular weight is 382 g/mol. The molecule has 1 N–H and O–H groups in total. The van der Waals surface area contributed by atoms with E-state index in [0.717, 1.165) is 0 Å². The molecular formula is C14H9Cl2N5O2S. The van der Waals surface area contributed by atoms with E-state index in [9.17, 15) is 10.1 Å². The molecule has 24 heavy (non-hydrogen) atoms. The molecule has 0 saturated heterocycles. The number of benzene rings is 1. The predicted octanol–water partition coefficient (Wildman–Crippen LogP) is 4.42. The molecule has 3 rings (SSSR count). The van der Waals surface area contributed by atoms with Crippen LogP contribution in [-0.4, -0.2) is 24.7 Å². The van der Waals surface area contributed by atoms with Crippen molar-refractivity contribution < 1.29 is 4.92 Å². The first-order valence-electron chi connectivity index (χ1n) is 6.60. The van der Waals surface area contributed by atoms with Gasteiger partial charge in [-0.05, 0) is 41.5 Å². The van der Waals surface area contributed by atoms with Crippen molar-refractivity contribution >= 4 is 41.1 Å². The first-order chi connectivity index (χ1) is 11.4. The molecule has 0 fully saturated rings. The number of pyridine rings is 1. The van der Waals surface area contributed by atoms with Crippen LogP contribution >= 0.6 is 35.4 Å². The number of rotatable bonds is 3. The van der Waals surface area contributed by atoms with Crippen molar-refractivity contribution in [1.82, 2.24) is 19.7 Å². The number of halogens is 2. The minimum atomic E-state index is -0.471. The van der Waals surface area contributed by atoms with Crippen LogP contribution in [0.4, 0.5) is 5.69 Å². The molecule has 0 spiro atoms. The fourth-order valence-electron chi connectivity index (χ4n) is 2.29. The normalized spacial score (nSPS) is 10.8. The number of nitrogens with zero attached hydrogens (tertiary/aromatic N) is 4. The lowest BCUT2D eigenvalue weighted by Gasteiger charge is -2.10. The van der Waals surface area contributed by atoms with Gasteiger partial charge in [-0.15, -0.1) is 0 Å². The first-order valence-corrected chi connectivity index (χ1v) is 7.77. The Labute approximate surface area is 151 Å². The Morgan fingerprint density at radius 3 is 2.42 bits per heavy atom. The van der Waals surface area contributed by atoms with Crippen LogP contribution in [0.3, 0.4) is 0 Å². The van der Waals surface area contributed by atoms with E-state index in [4.69, 9.17) is 35.4 Å². The molecule has 0 unspecified atom stereocenters. The lowest BCUT2D eigenvalue weighted by molar-refractivity contribution is -0.384. The number of H-pyrrole nitrogens is 1. The Morgan fingerprint density at radius 2 is 1.88 bits per heavy atom. The average Bonchev–Trinajstić information content (AvgIpc) is 2.85. The van der Waals surface area contributed by atoms with Gasteiger partial charge in [0.05, 0.1) is 4.92 Å². The second kappa shape index (κ2) is 6.31. The van der Waals surface area contributed by atoms with E-state index in [1.807, 2.05) is 0 Å². The molecule has 2 heterocycles. The highest BCUT2D eigenvalue weighted by Crippen LogP contribution is 2.35. The molecule has 10 heteroatoms. The fraction of sp³-hybridized carbons (Fsp3) is 0.0714. The second-order valence-corrected chi connectivity index (χ2v) is 6.06. The number of hydrogen-bond donors (Lipinski definition) is 1. The van der Waals surface area contributed by atoms with Gasteiger partial charge in [-0.25, -0.2) is 4.98 Å². The van der Waals surface area contributed by atoms with E-state index in [0.29, 0.717) is 27.3 Å². The van der Waals surface area contributed by atoms with E-state index in [2.05, 4.69) is 15.2 Å². The fourth-order valence-corrected chi connectivity index (χ4v) is 2.88. The summed E-state index contributed by atoms with van der Waals surface area (Å²) in [6.07, 6.45) is 0. The Morgan fingerprint density at radius 1 is 1.21 bits per heavy atom. The molecule has 0 aliphatic carbocycles. The first kappa shape index (κ1) is 16.6. The molecule has 7 nitrogen and oxygen atoms in total. The molecular weight excluding hydrogens is 373 g/mol. The zero-order valence-corrected chi connectivity index (χ0v) is 14.5. The van der Waals surface area contributed by atoms with Crippen LogP contribution in [0, 0.1) is 14.9 Å². The summed E-state index contributed by atoms with van der Waals surface area (Å²) in [6.45, 7) is 0. The molecule has 122 valence electrons. The van der Waals surface area contributed by atoms with Gasteiger partial charge in [-0.1, -0.05) is 23.2 Å². The summed E-state index contributed by atoms with van der Waals surface area (Å²) in [5.74, 6) is 0.536. The van der Waals surface area contributed by atoms with Gasteiger partial charge in [0.15, 0.2) is 10.6 Å². The third kappa shape index (κ3) is 3.03. The maximum Gasteiger partial charge on any atom is 0.270 e. The molecule has 1 aromatic carbocycles. The lowest BCUT2D eigenvalue weighted by Crippen LogP contribution is -1.97. The van der Waals surface area contributed by atoms with Crippen molar-refractivity contribution in [2.24, 2.45) is 7.05 Å². The minimum absolute atomic E-state index is 0.0606. The molecule has 0 aliphatic rings. The molecule has 0 atom stereocenters. The molecule has 0 radical (unpaired) electrons. The summed E-state index contributed by atoms with van der Waals surface area (Å²) in [6, 6.07) is 7.62. The van der Waals surface area contributed by atoms with Gasteiger partial charge in [0.25, 0.3) is 5.69 Å². The zero-order chi connectivity index (χ0) is 17.4. The smallest absolute Gasteiger partial charge is 0.270 e. The third-order valence-corrected chi connectivity index (χ3v) is 4.16. The summed E-state index contributed by atoms with van der Waals surface area (Å²) in [7, 11) is 1.75. The summed E-state index contributed by atoms with van der Waals surface area (Å²) in [4.78, 5) is 14.6. The summed E-state index contributed by atoms with van der Waals surface area (Å²) >= 11 is 17.1. The van der Waals surface area contributed by atoms with Crippen LogP contribution in [0.15, 0.2) is 30.3 Å². The summed E-state index contributed by atoms with van der Waals surface area (Å²) < 4.78 is 2.10. The van der Waals surface area contributed by atoms with Crippen molar-refractivity contribution in [1.29, 1.82) is 0 Å². The van der Waals surface area contributed by atoms with Crippen LogP contribution in [0.2, 0.25) is 10.3 Å². The Hall–Kier alpha value is -2.29. The molecule has 3 aromatic rings. The predicted molar refractivity (Wildman–Crippen MR) is 93.7 cm³/mol.